The largest absolute Gasteiger partial charge is 0.444 e. The SMILES string of the molecule is CCNC(=NCc1ccc(-n2ccnc2)nc1)NCc1coc(-c2ccccc2)n1. The van der Waals surface area contributed by atoms with Gasteiger partial charge in [0.2, 0.25) is 5.89 Å². The molecule has 1 aromatic carbocycles. The summed E-state index contributed by atoms with van der Waals surface area (Å²) < 4.78 is 7.45. The summed E-state index contributed by atoms with van der Waals surface area (Å²) in [6.07, 6.45) is 8.80. The number of pyridine rings is 1. The van der Waals surface area contributed by atoms with Crippen LogP contribution in [0.1, 0.15) is 18.2 Å². The van der Waals surface area contributed by atoms with Gasteiger partial charge in [-0.05, 0) is 30.7 Å². The Hall–Kier alpha value is -3.94. The normalized spacial score (nSPS) is 11.4. The van der Waals surface area contributed by atoms with Crippen LogP contribution in [0.5, 0.6) is 0 Å². The molecule has 0 bridgehead atoms. The highest BCUT2D eigenvalue weighted by atomic mass is 16.3. The van der Waals surface area contributed by atoms with Crippen LogP contribution in [0.3, 0.4) is 0 Å². The molecular weight excluding hydrogens is 378 g/mol. The maximum atomic E-state index is 5.59. The Morgan fingerprint density at radius 1 is 1.13 bits per heavy atom. The molecule has 3 aromatic heterocycles. The Kier molecular flexibility index (Phi) is 6.14. The highest BCUT2D eigenvalue weighted by Gasteiger charge is 2.07. The molecule has 0 fully saturated rings. The summed E-state index contributed by atoms with van der Waals surface area (Å²) in [5.41, 5.74) is 2.78. The lowest BCUT2D eigenvalue weighted by molar-refractivity contribution is 0.572. The molecule has 152 valence electrons. The minimum absolute atomic E-state index is 0.514. The number of benzene rings is 1. The number of aliphatic imine (C=N–C) groups is 1. The molecule has 0 amide bonds. The van der Waals surface area contributed by atoms with Crippen molar-refractivity contribution in [3.05, 3.63) is 84.9 Å². The van der Waals surface area contributed by atoms with Crippen molar-refractivity contribution in [2.45, 2.75) is 20.0 Å². The average molecular weight is 401 g/mol. The number of aromatic nitrogens is 4. The van der Waals surface area contributed by atoms with Crippen LogP contribution in [-0.2, 0) is 13.1 Å². The first kappa shape index (κ1) is 19.4. The molecule has 3 heterocycles. The standard InChI is InChI=1S/C22H23N7O/c1-2-24-22(26-13-17-8-9-20(25-12-17)29-11-10-23-16-29)27-14-19-15-30-21(28-19)18-6-4-3-5-7-18/h3-12,15-16H,2,13-14H2,1H3,(H2,24,26,27). The number of nitrogens with zero attached hydrogens (tertiary/aromatic N) is 5. The second-order valence-electron chi connectivity index (χ2n) is 6.55. The third kappa shape index (κ3) is 4.91. The lowest BCUT2D eigenvalue weighted by Gasteiger charge is -2.10. The fourth-order valence-electron chi connectivity index (χ4n) is 2.85. The van der Waals surface area contributed by atoms with Gasteiger partial charge in [0.1, 0.15) is 18.4 Å². The van der Waals surface area contributed by atoms with E-state index in [0.29, 0.717) is 24.9 Å². The van der Waals surface area contributed by atoms with Gasteiger partial charge < -0.3 is 15.1 Å². The van der Waals surface area contributed by atoms with Crippen LogP contribution >= 0.6 is 0 Å². The third-order valence-corrected chi connectivity index (χ3v) is 4.35. The Morgan fingerprint density at radius 3 is 2.77 bits per heavy atom. The van der Waals surface area contributed by atoms with E-state index in [2.05, 4.69) is 30.6 Å². The number of hydrogen-bond acceptors (Lipinski definition) is 5. The fraction of sp³-hybridized carbons (Fsp3) is 0.182. The van der Waals surface area contributed by atoms with Gasteiger partial charge >= 0.3 is 0 Å². The van der Waals surface area contributed by atoms with Crippen molar-refractivity contribution in [3.63, 3.8) is 0 Å². The molecule has 0 aliphatic heterocycles. The van der Waals surface area contributed by atoms with Crippen molar-refractivity contribution in [1.29, 1.82) is 0 Å². The molecule has 8 nitrogen and oxygen atoms in total. The molecule has 0 unspecified atom stereocenters. The van der Waals surface area contributed by atoms with Gasteiger partial charge in [-0.15, -0.1) is 0 Å². The van der Waals surface area contributed by atoms with Gasteiger partial charge in [0, 0.05) is 30.7 Å². The van der Waals surface area contributed by atoms with Crippen LogP contribution in [0.4, 0.5) is 0 Å². The van der Waals surface area contributed by atoms with Crippen LogP contribution in [0.2, 0.25) is 0 Å². The molecule has 0 atom stereocenters. The lowest BCUT2D eigenvalue weighted by atomic mass is 10.2. The van der Waals surface area contributed by atoms with Crippen molar-refractivity contribution in [2.24, 2.45) is 4.99 Å². The van der Waals surface area contributed by atoms with E-state index in [1.807, 2.05) is 66.3 Å². The zero-order chi connectivity index (χ0) is 20.6. The quantitative estimate of drug-likeness (QED) is 0.365. The second kappa shape index (κ2) is 9.51. The smallest absolute Gasteiger partial charge is 0.226 e. The first-order valence-corrected chi connectivity index (χ1v) is 9.77. The van der Waals surface area contributed by atoms with Crippen molar-refractivity contribution in [3.8, 4) is 17.3 Å². The van der Waals surface area contributed by atoms with E-state index in [9.17, 15) is 0 Å². The van der Waals surface area contributed by atoms with Gasteiger partial charge in [-0.2, -0.15) is 0 Å². The molecule has 8 heteroatoms. The van der Waals surface area contributed by atoms with E-state index < -0.39 is 0 Å². The zero-order valence-corrected chi connectivity index (χ0v) is 16.7. The molecule has 0 spiro atoms. The average Bonchev–Trinajstić information content (AvgIpc) is 3.49. The predicted molar refractivity (Wildman–Crippen MR) is 115 cm³/mol. The minimum atomic E-state index is 0.514. The number of rotatable bonds is 7. The van der Waals surface area contributed by atoms with Crippen LogP contribution in [0, 0.1) is 0 Å². The molecular formula is C22H23N7O. The summed E-state index contributed by atoms with van der Waals surface area (Å²) in [6.45, 7) is 3.82. The molecule has 0 saturated carbocycles. The first-order valence-electron chi connectivity index (χ1n) is 9.77. The van der Waals surface area contributed by atoms with Gasteiger partial charge in [-0.1, -0.05) is 24.3 Å². The second-order valence-corrected chi connectivity index (χ2v) is 6.55. The van der Waals surface area contributed by atoms with Gasteiger partial charge in [0.25, 0.3) is 0 Å². The molecule has 4 aromatic rings. The van der Waals surface area contributed by atoms with Crippen molar-refractivity contribution < 1.29 is 4.42 Å². The molecule has 30 heavy (non-hydrogen) atoms. The van der Waals surface area contributed by atoms with E-state index in [4.69, 9.17) is 4.42 Å². The summed E-state index contributed by atoms with van der Waals surface area (Å²) >= 11 is 0. The molecule has 0 aliphatic rings. The fourth-order valence-corrected chi connectivity index (χ4v) is 2.85. The van der Waals surface area contributed by atoms with Crippen LogP contribution < -0.4 is 10.6 Å². The Labute approximate surface area is 174 Å². The minimum Gasteiger partial charge on any atom is -0.444 e. The molecule has 4 rings (SSSR count). The van der Waals surface area contributed by atoms with Crippen molar-refractivity contribution in [1.82, 2.24) is 30.2 Å². The Morgan fingerprint density at radius 2 is 2.03 bits per heavy atom. The molecule has 0 saturated heterocycles. The monoisotopic (exact) mass is 401 g/mol. The zero-order valence-electron chi connectivity index (χ0n) is 16.7. The van der Waals surface area contributed by atoms with Gasteiger partial charge in [0.05, 0.1) is 18.8 Å². The number of nitrogens with one attached hydrogen (secondary N) is 2. The molecule has 0 radical (unpaired) electrons. The van der Waals surface area contributed by atoms with Gasteiger partial charge in [-0.25, -0.2) is 19.9 Å². The van der Waals surface area contributed by atoms with E-state index in [1.165, 1.54) is 0 Å². The maximum absolute atomic E-state index is 5.59. The van der Waals surface area contributed by atoms with E-state index in [1.54, 1.807) is 18.8 Å². The van der Waals surface area contributed by atoms with E-state index >= 15 is 0 Å². The topological polar surface area (TPSA) is 93.2 Å². The van der Waals surface area contributed by atoms with Crippen LogP contribution in [0.15, 0.2) is 83.1 Å². The number of hydrogen-bond donors (Lipinski definition) is 2. The maximum Gasteiger partial charge on any atom is 0.226 e. The highest BCUT2D eigenvalue weighted by molar-refractivity contribution is 5.79. The highest BCUT2D eigenvalue weighted by Crippen LogP contribution is 2.17. The summed E-state index contributed by atoms with van der Waals surface area (Å²) in [7, 11) is 0. The number of oxazole rings is 1. The van der Waals surface area contributed by atoms with Crippen LogP contribution in [0.25, 0.3) is 17.3 Å². The Balaban J connectivity index is 1.36. The van der Waals surface area contributed by atoms with Crippen molar-refractivity contribution >= 4 is 5.96 Å². The van der Waals surface area contributed by atoms with Crippen LogP contribution in [-0.4, -0.2) is 32.0 Å². The van der Waals surface area contributed by atoms with Crippen molar-refractivity contribution in [2.75, 3.05) is 6.54 Å². The van der Waals surface area contributed by atoms with E-state index in [0.717, 1.165) is 29.2 Å². The molecule has 2 N–H and O–H groups in total. The molecule has 0 aliphatic carbocycles. The third-order valence-electron chi connectivity index (χ3n) is 4.35. The number of guanidine groups is 1. The summed E-state index contributed by atoms with van der Waals surface area (Å²) in [5, 5.41) is 6.53. The lowest BCUT2D eigenvalue weighted by Crippen LogP contribution is -2.36. The van der Waals surface area contributed by atoms with Gasteiger partial charge in [-0.3, -0.25) is 4.57 Å². The Bertz CT molecular complexity index is 1070. The first-order chi connectivity index (χ1) is 14.8. The summed E-state index contributed by atoms with van der Waals surface area (Å²) in [6, 6.07) is 13.8. The van der Waals surface area contributed by atoms with Gasteiger partial charge in [0.15, 0.2) is 5.96 Å². The van der Waals surface area contributed by atoms with E-state index in [-0.39, 0.29) is 0 Å². The predicted octanol–water partition coefficient (Wildman–Crippen LogP) is 3.18. The number of imidazole rings is 1. The summed E-state index contributed by atoms with van der Waals surface area (Å²) in [4.78, 5) is 17.7. The summed E-state index contributed by atoms with van der Waals surface area (Å²) in [5.74, 6) is 2.14.